The van der Waals surface area contributed by atoms with Gasteiger partial charge in [-0.15, -0.1) is 0 Å². The van der Waals surface area contributed by atoms with Crippen LogP contribution in [-0.4, -0.2) is 29.4 Å². The van der Waals surface area contributed by atoms with Crippen LogP contribution in [0.15, 0.2) is 47.4 Å². The van der Waals surface area contributed by atoms with Crippen molar-refractivity contribution in [3.8, 4) is 5.75 Å². The number of methoxy groups -OCH3 is 1. The summed E-state index contributed by atoms with van der Waals surface area (Å²) in [6.45, 7) is 2.82. The third-order valence-corrected chi connectivity index (χ3v) is 4.60. The second-order valence-electron chi connectivity index (χ2n) is 6.34. The fourth-order valence-corrected chi connectivity index (χ4v) is 3.39. The van der Waals surface area contributed by atoms with Crippen LogP contribution >= 0.6 is 0 Å². The number of nitrogens with zero attached hydrogens (tertiary/aromatic N) is 1. The summed E-state index contributed by atoms with van der Waals surface area (Å²) in [6, 6.07) is 10.8. The summed E-state index contributed by atoms with van der Waals surface area (Å²) >= 11 is 0. The van der Waals surface area contributed by atoms with Crippen LogP contribution in [0.4, 0.5) is 0 Å². The smallest absolute Gasteiger partial charge is 0.254 e. The maximum absolute atomic E-state index is 13.0. The normalized spacial score (nSPS) is 20.7. The van der Waals surface area contributed by atoms with Crippen LogP contribution in [0.1, 0.15) is 41.7 Å². The number of piperidine rings is 1. The van der Waals surface area contributed by atoms with E-state index in [4.69, 9.17) is 4.74 Å². The second-order valence-corrected chi connectivity index (χ2v) is 6.34. The fourth-order valence-electron chi connectivity index (χ4n) is 3.39. The van der Waals surface area contributed by atoms with E-state index >= 15 is 0 Å². The number of hydrogen-bond donors (Lipinski definition) is 1. The maximum atomic E-state index is 13.0. The number of rotatable bonds is 3. The number of ether oxygens (including phenoxy) is 1. The Balaban J connectivity index is 1.98. The van der Waals surface area contributed by atoms with Gasteiger partial charge in [0, 0.05) is 29.9 Å². The summed E-state index contributed by atoms with van der Waals surface area (Å²) in [5.41, 5.74) is 1.18. The van der Waals surface area contributed by atoms with Gasteiger partial charge >= 0.3 is 0 Å². The van der Waals surface area contributed by atoms with Gasteiger partial charge in [-0.2, -0.15) is 0 Å². The molecule has 0 radical (unpaired) electrons. The monoisotopic (exact) mass is 326 g/mol. The standard InChI is InChI=1S/C19H22N2O3/c1-13-7-8-16(15-5-3-4-6-17(15)24-2)21(12-13)19(23)14-9-10-20-18(22)11-14/h3-6,9-11,13,16H,7-8,12H2,1-2H3,(H,20,22). The lowest BCUT2D eigenvalue weighted by molar-refractivity contribution is 0.0540. The van der Waals surface area contributed by atoms with Crippen LogP contribution in [0, 0.1) is 5.92 Å². The van der Waals surface area contributed by atoms with Gasteiger partial charge in [-0.3, -0.25) is 9.59 Å². The molecule has 0 bridgehead atoms. The van der Waals surface area contributed by atoms with Crippen LogP contribution in [0.2, 0.25) is 0 Å². The topological polar surface area (TPSA) is 62.4 Å². The molecule has 0 saturated carbocycles. The molecule has 0 spiro atoms. The number of nitrogens with one attached hydrogen (secondary N) is 1. The number of pyridine rings is 1. The summed E-state index contributed by atoms with van der Waals surface area (Å²) in [5, 5.41) is 0. The van der Waals surface area contributed by atoms with Crippen molar-refractivity contribution in [2.45, 2.75) is 25.8 Å². The highest BCUT2D eigenvalue weighted by Crippen LogP contribution is 2.38. The molecule has 24 heavy (non-hydrogen) atoms. The number of para-hydroxylation sites is 1. The van der Waals surface area contributed by atoms with Crippen molar-refractivity contribution >= 4 is 5.91 Å². The molecule has 2 heterocycles. The number of H-pyrrole nitrogens is 1. The lowest BCUT2D eigenvalue weighted by Crippen LogP contribution is -2.42. The summed E-state index contributed by atoms with van der Waals surface area (Å²) in [6.07, 6.45) is 3.46. The van der Waals surface area contributed by atoms with Gasteiger partial charge in [-0.25, -0.2) is 0 Å². The molecule has 1 amide bonds. The average molecular weight is 326 g/mol. The number of aromatic nitrogens is 1. The molecule has 5 nitrogen and oxygen atoms in total. The molecule has 1 N–H and O–H groups in total. The fraction of sp³-hybridized carbons (Fsp3) is 0.368. The molecule has 1 aromatic carbocycles. The first-order valence-electron chi connectivity index (χ1n) is 8.22. The summed E-state index contributed by atoms with van der Waals surface area (Å²) in [7, 11) is 1.65. The molecule has 2 atom stereocenters. The zero-order valence-electron chi connectivity index (χ0n) is 14.0. The van der Waals surface area contributed by atoms with Crippen LogP contribution in [0.5, 0.6) is 5.75 Å². The van der Waals surface area contributed by atoms with Gasteiger partial charge in [0.05, 0.1) is 13.2 Å². The highest BCUT2D eigenvalue weighted by atomic mass is 16.5. The Hall–Kier alpha value is -2.56. The van der Waals surface area contributed by atoms with Gasteiger partial charge in [0.1, 0.15) is 5.75 Å². The van der Waals surface area contributed by atoms with Crippen molar-refractivity contribution in [3.05, 3.63) is 64.1 Å². The minimum Gasteiger partial charge on any atom is -0.496 e. The van der Waals surface area contributed by atoms with Crippen molar-refractivity contribution < 1.29 is 9.53 Å². The van der Waals surface area contributed by atoms with E-state index in [-0.39, 0.29) is 17.5 Å². The van der Waals surface area contributed by atoms with Gasteiger partial charge in [0.25, 0.3) is 5.91 Å². The molecule has 2 aromatic rings. The maximum Gasteiger partial charge on any atom is 0.254 e. The van der Waals surface area contributed by atoms with Crippen LogP contribution in [0.3, 0.4) is 0 Å². The number of carbonyl (C=O) groups excluding carboxylic acids is 1. The number of benzene rings is 1. The lowest BCUT2D eigenvalue weighted by atomic mass is 9.89. The summed E-state index contributed by atoms with van der Waals surface area (Å²) in [4.78, 5) is 29.0. The predicted molar refractivity (Wildman–Crippen MR) is 92.2 cm³/mol. The number of aromatic amines is 1. The Morgan fingerprint density at radius 1 is 1.25 bits per heavy atom. The van der Waals surface area contributed by atoms with Crippen molar-refractivity contribution in [1.29, 1.82) is 0 Å². The first-order chi connectivity index (χ1) is 11.6. The van der Waals surface area contributed by atoms with Crippen molar-refractivity contribution in [2.24, 2.45) is 5.92 Å². The van der Waals surface area contributed by atoms with Crippen molar-refractivity contribution in [3.63, 3.8) is 0 Å². The molecule has 2 unspecified atom stereocenters. The summed E-state index contributed by atoms with van der Waals surface area (Å²) in [5.74, 6) is 1.12. The lowest BCUT2D eigenvalue weighted by Gasteiger charge is -2.39. The van der Waals surface area contributed by atoms with Gasteiger partial charge < -0.3 is 14.6 Å². The van der Waals surface area contributed by atoms with E-state index in [0.29, 0.717) is 18.0 Å². The molecule has 0 aliphatic carbocycles. The molecular formula is C19H22N2O3. The van der Waals surface area contributed by atoms with Gasteiger partial charge in [0.2, 0.25) is 5.56 Å². The van der Waals surface area contributed by atoms with Crippen molar-refractivity contribution in [1.82, 2.24) is 9.88 Å². The molecule has 126 valence electrons. The zero-order chi connectivity index (χ0) is 17.1. The minimum absolute atomic E-state index is 0.0378. The Bertz CT molecular complexity index is 784. The van der Waals surface area contributed by atoms with E-state index in [9.17, 15) is 9.59 Å². The van der Waals surface area contributed by atoms with E-state index in [1.54, 1.807) is 13.2 Å². The third-order valence-electron chi connectivity index (χ3n) is 4.60. The molecule has 3 rings (SSSR count). The number of hydrogen-bond acceptors (Lipinski definition) is 3. The van der Waals surface area contributed by atoms with Crippen molar-refractivity contribution in [2.75, 3.05) is 13.7 Å². The van der Waals surface area contributed by atoms with E-state index in [2.05, 4.69) is 11.9 Å². The average Bonchev–Trinajstić information content (AvgIpc) is 2.61. The van der Waals surface area contributed by atoms with Gasteiger partial charge in [-0.05, 0) is 30.9 Å². The van der Waals surface area contributed by atoms with Crippen LogP contribution < -0.4 is 10.3 Å². The van der Waals surface area contributed by atoms with E-state index in [0.717, 1.165) is 24.2 Å². The molecule has 5 heteroatoms. The van der Waals surface area contributed by atoms with Crippen LogP contribution in [0.25, 0.3) is 0 Å². The Morgan fingerprint density at radius 3 is 2.79 bits per heavy atom. The number of amides is 1. The van der Waals surface area contributed by atoms with E-state index in [1.807, 2.05) is 29.2 Å². The number of carbonyl (C=O) groups is 1. The second kappa shape index (κ2) is 6.91. The first kappa shape index (κ1) is 16.3. The molecule has 1 aliphatic rings. The van der Waals surface area contributed by atoms with E-state index in [1.165, 1.54) is 12.3 Å². The third kappa shape index (κ3) is 3.20. The zero-order valence-corrected chi connectivity index (χ0v) is 14.0. The van der Waals surface area contributed by atoms with E-state index < -0.39 is 0 Å². The quantitative estimate of drug-likeness (QED) is 0.943. The summed E-state index contributed by atoms with van der Waals surface area (Å²) < 4.78 is 5.49. The Morgan fingerprint density at radius 2 is 2.04 bits per heavy atom. The Labute approximate surface area is 141 Å². The molecule has 1 aromatic heterocycles. The number of likely N-dealkylation sites (tertiary alicyclic amines) is 1. The molecule has 1 fully saturated rings. The molecule has 1 aliphatic heterocycles. The van der Waals surface area contributed by atoms with Gasteiger partial charge in [0.15, 0.2) is 0 Å². The van der Waals surface area contributed by atoms with Crippen LogP contribution in [-0.2, 0) is 0 Å². The predicted octanol–water partition coefficient (Wildman–Crippen LogP) is 3.00. The highest BCUT2D eigenvalue weighted by molar-refractivity contribution is 5.94. The first-order valence-corrected chi connectivity index (χ1v) is 8.22. The Kier molecular flexibility index (Phi) is 4.69. The highest BCUT2D eigenvalue weighted by Gasteiger charge is 2.33. The largest absolute Gasteiger partial charge is 0.496 e. The minimum atomic E-state index is -0.264. The molecular weight excluding hydrogens is 304 g/mol. The van der Waals surface area contributed by atoms with Gasteiger partial charge in [-0.1, -0.05) is 25.1 Å². The SMILES string of the molecule is COc1ccccc1C1CCC(C)CN1C(=O)c1cc[nH]c(=O)c1. The molecule has 1 saturated heterocycles.